The van der Waals surface area contributed by atoms with Crippen LogP contribution in [0.2, 0.25) is 0 Å². The lowest BCUT2D eigenvalue weighted by atomic mass is 9.86. The minimum atomic E-state index is -0.231. The highest BCUT2D eigenvalue weighted by molar-refractivity contribution is 8.76. The first-order valence-corrected chi connectivity index (χ1v) is 16.1. The Balaban J connectivity index is 3.73. The van der Waals surface area contributed by atoms with Crippen LogP contribution in [0.5, 0.6) is 0 Å². The average molecular weight is 563 g/mol. The van der Waals surface area contributed by atoms with Crippen molar-refractivity contribution in [2.24, 2.45) is 11.1 Å². The molecule has 0 bridgehead atoms. The molecule has 9 nitrogen and oxygen atoms in total. The van der Waals surface area contributed by atoms with Gasteiger partial charge in [0.25, 0.3) is 0 Å². The van der Waals surface area contributed by atoms with E-state index in [1.165, 1.54) is 0 Å². The summed E-state index contributed by atoms with van der Waals surface area (Å²) in [5.41, 5.74) is 5.40. The van der Waals surface area contributed by atoms with Gasteiger partial charge < -0.3 is 32.3 Å². The largest absolute Gasteiger partial charge is 0.355 e. The standard InChI is InChI=1S/C26H54N6O3S2/c1-7-26(5,6)20-23(34)30-17-19-37-36-18-16-29-22(33)11-14-28-13-9-8-10-21(32-25(2,3)4)24(35)31-15-12-27/h21,28,32H,7-20,27H2,1-6H3,(H,29,33)(H,30,34)(H,31,35). The zero-order chi connectivity index (χ0) is 28.2. The molecule has 0 fully saturated rings. The van der Waals surface area contributed by atoms with Gasteiger partial charge in [0, 0.05) is 62.6 Å². The molecule has 11 heteroatoms. The summed E-state index contributed by atoms with van der Waals surface area (Å²) in [7, 11) is 3.42. The summed E-state index contributed by atoms with van der Waals surface area (Å²) in [6, 6.07) is -0.231. The molecule has 0 heterocycles. The highest BCUT2D eigenvalue weighted by Crippen LogP contribution is 2.24. The second kappa shape index (κ2) is 20.9. The average Bonchev–Trinajstić information content (AvgIpc) is 2.81. The molecule has 0 saturated heterocycles. The van der Waals surface area contributed by atoms with Gasteiger partial charge in [0.2, 0.25) is 17.7 Å². The molecule has 0 saturated carbocycles. The van der Waals surface area contributed by atoms with Gasteiger partial charge in [-0.3, -0.25) is 14.4 Å². The Kier molecular flexibility index (Phi) is 20.3. The first-order valence-electron chi connectivity index (χ1n) is 13.6. The summed E-state index contributed by atoms with van der Waals surface area (Å²) in [4.78, 5) is 36.3. The Labute approximate surface area is 233 Å². The lowest BCUT2D eigenvalue weighted by Gasteiger charge is -2.28. The van der Waals surface area contributed by atoms with Crippen LogP contribution in [0, 0.1) is 5.41 Å². The first kappa shape index (κ1) is 36.0. The van der Waals surface area contributed by atoms with Crippen LogP contribution in [-0.4, -0.2) is 80.1 Å². The molecule has 0 radical (unpaired) electrons. The number of rotatable bonds is 22. The number of carbonyl (C=O) groups is 3. The highest BCUT2D eigenvalue weighted by Gasteiger charge is 2.23. The normalized spacial score (nSPS) is 12.7. The Morgan fingerprint density at radius 2 is 1.43 bits per heavy atom. The molecule has 37 heavy (non-hydrogen) atoms. The number of amides is 3. The van der Waals surface area contributed by atoms with E-state index in [0.29, 0.717) is 45.6 Å². The highest BCUT2D eigenvalue weighted by atomic mass is 33.1. The maximum absolute atomic E-state index is 12.4. The van der Waals surface area contributed by atoms with Gasteiger partial charge in [0.1, 0.15) is 0 Å². The number of unbranched alkanes of at least 4 members (excludes halogenated alkanes) is 1. The van der Waals surface area contributed by atoms with Crippen LogP contribution in [0.1, 0.15) is 80.1 Å². The summed E-state index contributed by atoms with van der Waals surface area (Å²) >= 11 is 0. The molecule has 0 aliphatic heterocycles. The minimum Gasteiger partial charge on any atom is -0.355 e. The first-order chi connectivity index (χ1) is 17.4. The number of hydrogen-bond donors (Lipinski definition) is 6. The third-order valence-corrected chi connectivity index (χ3v) is 8.10. The molecule has 7 N–H and O–H groups in total. The molecule has 3 amide bonds. The van der Waals surface area contributed by atoms with Crippen molar-refractivity contribution in [2.75, 3.05) is 50.8 Å². The second-order valence-corrected chi connectivity index (χ2v) is 13.8. The van der Waals surface area contributed by atoms with Crippen LogP contribution in [0.25, 0.3) is 0 Å². The van der Waals surface area contributed by atoms with Crippen molar-refractivity contribution in [1.82, 2.24) is 26.6 Å². The van der Waals surface area contributed by atoms with Gasteiger partial charge >= 0.3 is 0 Å². The summed E-state index contributed by atoms with van der Waals surface area (Å²) in [5.74, 6) is 1.86. The van der Waals surface area contributed by atoms with E-state index in [1.807, 2.05) is 0 Å². The summed E-state index contributed by atoms with van der Waals surface area (Å²) in [6.07, 6.45) is 4.62. The van der Waals surface area contributed by atoms with Crippen molar-refractivity contribution in [3.63, 3.8) is 0 Å². The molecule has 0 aromatic heterocycles. The van der Waals surface area contributed by atoms with Gasteiger partial charge in [-0.1, -0.05) is 55.2 Å². The summed E-state index contributed by atoms with van der Waals surface area (Å²) < 4.78 is 0. The molecular formula is C26H54N6O3S2. The maximum Gasteiger partial charge on any atom is 0.237 e. The molecule has 0 aliphatic rings. The quantitative estimate of drug-likeness (QED) is 0.0874. The van der Waals surface area contributed by atoms with Gasteiger partial charge in [-0.25, -0.2) is 0 Å². The Bertz CT molecular complexity index is 644. The minimum absolute atomic E-state index is 0.000120. The molecule has 1 unspecified atom stereocenters. The van der Waals surface area contributed by atoms with E-state index >= 15 is 0 Å². The van der Waals surface area contributed by atoms with Crippen molar-refractivity contribution in [2.45, 2.75) is 91.6 Å². The van der Waals surface area contributed by atoms with E-state index in [2.05, 4.69) is 68.1 Å². The summed E-state index contributed by atoms with van der Waals surface area (Å²) in [6.45, 7) is 16.2. The van der Waals surface area contributed by atoms with Crippen LogP contribution in [0.4, 0.5) is 0 Å². The van der Waals surface area contributed by atoms with Crippen molar-refractivity contribution < 1.29 is 14.4 Å². The predicted octanol–water partition coefficient (Wildman–Crippen LogP) is 2.41. The molecule has 0 aromatic rings. The zero-order valence-corrected chi connectivity index (χ0v) is 25.7. The molecule has 0 spiro atoms. The molecular weight excluding hydrogens is 508 g/mol. The van der Waals surface area contributed by atoms with Crippen LogP contribution in [0.3, 0.4) is 0 Å². The lowest BCUT2D eigenvalue weighted by molar-refractivity contribution is -0.124. The fourth-order valence-electron chi connectivity index (χ4n) is 3.33. The number of nitrogens with two attached hydrogens (primary N) is 1. The lowest BCUT2D eigenvalue weighted by Crippen LogP contribution is -2.52. The van der Waals surface area contributed by atoms with E-state index in [0.717, 1.165) is 43.7 Å². The molecule has 1 atom stereocenters. The van der Waals surface area contributed by atoms with Crippen LogP contribution < -0.4 is 32.3 Å². The fraction of sp³-hybridized carbons (Fsp3) is 0.885. The van der Waals surface area contributed by atoms with E-state index in [9.17, 15) is 14.4 Å². The van der Waals surface area contributed by atoms with Gasteiger partial charge in [0.05, 0.1) is 6.04 Å². The van der Waals surface area contributed by atoms with Gasteiger partial charge in [0.15, 0.2) is 0 Å². The van der Waals surface area contributed by atoms with Crippen LogP contribution >= 0.6 is 21.6 Å². The Morgan fingerprint density at radius 3 is 2.00 bits per heavy atom. The smallest absolute Gasteiger partial charge is 0.237 e. The second-order valence-electron chi connectivity index (χ2n) is 11.1. The Hall–Kier alpha value is -1.01. The number of nitrogens with one attached hydrogen (secondary N) is 5. The fourth-order valence-corrected chi connectivity index (χ4v) is 5.14. The molecule has 0 aromatic carbocycles. The van der Waals surface area contributed by atoms with Gasteiger partial charge in [-0.2, -0.15) is 0 Å². The zero-order valence-electron chi connectivity index (χ0n) is 24.1. The maximum atomic E-state index is 12.4. The van der Waals surface area contributed by atoms with E-state index < -0.39 is 0 Å². The van der Waals surface area contributed by atoms with Crippen molar-refractivity contribution in [1.29, 1.82) is 0 Å². The molecule has 0 aliphatic carbocycles. The van der Waals surface area contributed by atoms with Crippen molar-refractivity contribution in [3.05, 3.63) is 0 Å². The predicted molar refractivity (Wildman–Crippen MR) is 160 cm³/mol. The number of carbonyl (C=O) groups excluding carboxylic acids is 3. The van der Waals surface area contributed by atoms with E-state index in [-0.39, 0.29) is 34.7 Å². The van der Waals surface area contributed by atoms with Gasteiger partial charge in [-0.15, -0.1) is 0 Å². The SMILES string of the molecule is CCC(C)(C)CC(=O)NCCSSCCNC(=O)CCNCCCCC(NC(C)(C)C)C(=O)NCCN. The van der Waals surface area contributed by atoms with Crippen LogP contribution in [0.15, 0.2) is 0 Å². The summed E-state index contributed by atoms with van der Waals surface area (Å²) in [5, 5.41) is 15.5. The third kappa shape index (κ3) is 22.7. The monoisotopic (exact) mass is 562 g/mol. The van der Waals surface area contributed by atoms with Crippen molar-refractivity contribution in [3.8, 4) is 0 Å². The van der Waals surface area contributed by atoms with E-state index in [1.54, 1.807) is 21.6 Å². The van der Waals surface area contributed by atoms with Gasteiger partial charge in [-0.05, 0) is 45.6 Å². The van der Waals surface area contributed by atoms with E-state index in [4.69, 9.17) is 5.73 Å². The third-order valence-electron chi connectivity index (χ3n) is 5.69. The topological polar surface area (TPSA) is 137 Å². The van der Waals surface area contributed by atoms with Crippen LogP contribution in [-0.2, 0) is 14.4 Å². The number of hydrogen-bond acceptors (Lipinski definition) is 8. The Morgan fingerprint density at radius 1 is 0.811 bits per heavy atom. The van der Waals surface area contributed by atoms with Crippen molar-refractivity contribution >= 4 is 39.3 Å². The molecule has 218 valence electrons. The molecule has 0 rings (SSSR count).